The molecule has 1 N–H and O–H groups in total. The Morgan fingerprint density at radius 2 is 2.00 bits per heavy atom. The standard InChI is InChI=1S/C33H51NO4/c1-7-8-30(36)37-24-13-15-32(5)23(17-24)10-11-25-26(32)14-16-33(6)27(25)18-29-31(33)21(3)28(38-29)12-9-20(2)19-34-22(4)35/h10,20,24-27,29,31H,7-9,11-19H2,1-6H3,(H,34,35)/t20?,24?,25?,26?,27?,29?,31?,32-,33-/m0/s1. The molecule has 5 aliphatic rings. The van der Waals surface area contributed by atoms with Crippen LogP contribution in [0.3, 0.4) is 0 Å². The molecule has 4 aliphatic carbocycles. The van der Waals surface area contributed by atoms with E-state index in [9.17, 15) is 9.59 Å². The van der Waals surface area contributed by atoms with Gasteiger partial charge in [0.25, 0.3) is 0 Å². The minimum absolute atomic E-state index is 0.0219. The fourth-order valence-electron chi connectivity index (χ4n) is 9.56. The molecule has 1 aliphatic heterocycles. The van der Waals surface area contributed by atoms with Crippen LogP contribution < -0.4 is 5.32 Å². The van der Waals surface area contributed by atoms with Crippen LogP contribution in [0.15, 0.2) is 23.0 Å². The van der Waals surface area contributed by atoms with E-state index in [4.69, 9.17) is 9.47 Å². The van der Waals surface area contributed by atoms with Crippen molar-refractivity contribution in [2.75, 3.05) is 6.54 Å². The number of fused-ring (bicyclic) bond motifs is 7. The van der Waals surface area contributed by atoms with Gasteiger partial charge in [0.2, 0.25) is 5.91 Å². The van der Waals surface area contributed by atoms with Gasteiger partial charge in [-0.15, -0.1) is 0 Å². The molecular formula is C33H51NO4. The van der Waals surface area contributed by atoms with Gasteiger partial charge >= 0.3 is 5.97 Å². The second-order valence-corrected chi connectivity index (χ2v) is 14.0. The van der Waals surface area contributed by atoms with Gasteiger partial charge in [0.1, 0.15) is 12.2 Å². The molecule has 0 aromatic carbocycles. The second-order valence-electron chi connectivity index (χ2n) is 14.0. The minimum atomic E-state index is -0.0219. The lowest BCUT2D eigenvalue weighted by molar-refractivity contribution is -0.151. The van der Waals surface area contributed by atoms with E-state index < -0.39 is 0 Å². The highest BCUT2D eigenvalue weighted by Gasteiger charge is 2.63. The summed E-state index contributed by atoms with van der Waals surface area (Å²) < 4.78 is 12.6. The Morgan fingerprint density at radius 3 is 2.74 bits per heavy atom. The fourth-order valence-corrected chi connectivity index (χ4v) is 9.56. The van der Waals surface area contributed by atoms with Crippen LogP contribution in [0.25, 0.3) is 0 Å². The predicted octanol–water partition coefficient (Wildman–Crippen LogP) is 7.11. The van der Waals surface area contributed by atoms with Gasteiger partial charge in [0.05, 0.1) is 5.76 Å². The zero-order valence-corrected chi connectivity index (χ0v) is 24.7. The van der Waals surface area contributed by atoms with Crippen molar-refractivity contribution in [1.29, 1.82) is 0 Å². The van der Waals surface area contributed by atoms with Crippen molar-refractivity contribution in [1.82, 2.24) is 5.32 Å². The number of carbonyl (C=O) groups is 2. The van der Waals surface area contributed by atoms with E-state index in [1.807, 2.05) is 6.92 Å². The van der Waals surface area contributed by atoms with Crippen molar-refractivity contribution >= 4 is 11.9 Å². The van der Waals surface area contributed by atoms with Crippen LogP contribution in [-0.4, -0.2) is 30.6 Å². The molecule has 0 spiro atoms. The molecule has 0 radical (unpaired) electrons. The van der Waals surface area contributed by atoms with E-state index in [0.29, 0.717) is 29.8 Å². The topological polar surface area (TPSA) is 64.6 Å². The summed E-state index contributed by atoms with van der Waals surface area (Å²) in [7, 11) is 0. The number of carbonyl (C=O) groups excluding carboxylic acids is 2. The molecule has 0 saturated heterocycles. The Bertz CT molecular complexity index is 999. The zero-order chi connectivity index (χ0) is 27.2. The van der Waals surface area contributed by atoms with E-state index >= 15 is 0 Å². The third kappa shape index (κ3) is 4.85. The van der Waals surface area contributed by atoms with Crippen LogP contribution in [0.1, 0.15) is 112 Å². The van der Waals surface area contributed by atoms with Crippen LogP contribution in [-0.2, 0) is 19.1 Å². The van der Waals surface area contributed by atoms with E-state index in [-0.39, 0.29) is 23.4 Å². The maximum absolute atomic E-state index is 12.1. The van der Waals surface area contributed by atoms with Crippen LogP contribution in [0, 0.1) is 40.4 Å². The maximum atomic E-state index is 12.1. The minimum Gasteiger partial charge on any atom is -0.494 e. The first-order valence-corrected chi connectivity index (χ1v) is 15.6. The normalized spacial score (nSPS) is 40.2. The number of hydrogen-bond acceptors (Lipinski definition) is 4. The van der Waals surface area contributed by atoms with Gasteiger partial charge in [-0.25, -0.2) is 0 Å². The van der Waals surface area contributed by atoms with Crippen molar-refractivity contribution < 1.29 is 19.1 Å². The lowest BCUT2D eigenvalue weighted by atomic mass is 9.47. The highest BCUT2D eigenvalue weighted by molar-refractivity contribution is 5.72. The van der Waals surface area contributed by atoms with Crippen molar-refractivity contribution in [3.8, 4) is 0 Å². The summed E-state index contributed by atoms with van der Waals surface area (Å²) in [5.41, 5.74) is 3.67. The second kappa shape index (κ2) is 10.7. The fraction of sp³-hybridized carbons (Fsp3) is 0.818. The smallest absolute Gasteiger partial charge is 0.306 e. The number of ether oxygens (including phenoxy) is 2. The van der Waals surface area contributed by atoms with Gasteiger partial charge in [0, 0.05) is 38.6 Å². The lowest BCUT2D eigenvalue weighted by Gasteiger charge is -2.58. The molecule has 1 amide bonds. The molecule has 5 heteroatoms. The van der Waals surface area contributed by atoms with Gasteiger partial charge in [-0.05, 0) is 98.4 Å². The summed E-state index contributed by atoms with van der Waals surface area (Å²) in [6.45, 7) is 14.0. The van der Waals surface area contributed by atoms with Crippen molar-refractivity contribution in [2.45, 2.75) is 124 Å². The Kier molecular flexibility index (Phi) is 7.79. The van der Waals surface area contributed by atoms with Crippen molar-refractivity contribution in [3.05, 3.63) is 23.0 Å². The summed E-state index contributed by atoms with van der Waals surface area (Å²) in [6, 6.07) is 0. The van der Waals surface area contributed by atoms with Crippen molar-refractivity contribution in [3.63, 3.8) is 0 Å². The van der Waals surface area contributed by atoms with E-state index in [1.54, 1.807) is 12.5 Å². The van der Waals surface area contributed by atoms with Crippen molar-refractivity contribution in [2.24, 2.45) is 40.4 Å². The van der Waals surface area contributed by atoms with Crippen LogP contribution >= 0.6 is 0 Å². The molecule has 0 bridgehead atoms. The molecule has 3 fully saturated rings. The quantitative estimate of drug-likeness (QED) is 0.271. The first kappa shape index (κ1) is 27.8. The summed E-state index contributed by atoms with van der Waals surface area (Å²) >= 11 is 0. The Hall–Kier alpha value is -1.78. The number of nitrogens with one attached hydrogen (secondary N) is 1. The van der Waals surface area contributed by atoms with E-state index in [1.165, 1.54) is 37.0 Å². The third-order valence-corrected chi connectivity index (χ3v) is 11.6. The van der Waals surface area contributed by atoms with E-state index in [2.05, 4.69) is 39.1 Å². The average molecular weight is 526 g/mol. The monoisotopic (exact) mass is 525 g/mol. The average Bonchev–Trinajstić information content (AvgIpc) is 3.34. The summed E-state index contributed by atoms with van der Waals surface area (Å²) in [6.07, 6.45) is 14.5. The number of hydrogen-bond donors (Lipinski definition) is 1. The molecule has 5 rings (SSSR count). The highest BCUT2D eigenvalue weighted by atomic mass is 16.5. The highest BCUT2D eigenvalue weighted by Crippen LogP contribution is 2.69. The van der Waals surface area contributed by atoms with Gasteiger partial charge in [-0.3, -0.25) is 9.59 Å². The van der Waals surface area contributed by atoms with Gasteiger partial charge in [-0.2, -0.15) is 0 Å². The number of rotatable bonds is 8. The van der Waals surface area contributed by atoms with Crippen LogP contribution in [0.5, 0.6) is 0 Å². The van der Waals surface area contributed by atoms with Crippen LogP contribution in [0.2, 0.25) is 0 Å². The first-order valence-electron chi connectivity index (χ1n) is 15.6. The number of amides is 1. The Labute approximate surface area is 230 Å². The van der Waals surface area contributed by atoms with E-state index in [0.717, 1.165) is 62.8 Å². The molecule has 38 heavy (non-hydrogen) atoms. The molecule has 0 aromatic heterocycles. The lowest BCUT2D eigenvalue weighted by Crippen LogP contribution is -2.50. The summed E-state index contributed by atoms with van der Waals surface area (Å²) in [4.78, 5) is 23.4. The maximum Gasteiger partial charge on any atom is 0.306 e. The van der Waals surface area contributed by atoms with Crippen LogP contribution in [0.4, 0.5) is 0 Å². The predicted molar refractivity (Wildman–Crippen MR) is 150 cm³/mol. The molecule has 9 atom stereocenters. The molecule has 3 saturated carbocycles. The van der Waals surface area contributed by atoms with Gasteiger partial charge < -0.3 is 14.8 Å². The largest absolute Gasteiger partial charge is 0.494 e. The molecule has 5 nitrogen and oxygen atoms in total. The number of esters is 1. The molecule has 1 heterocycles. The molecule has 212 valence electrons. The Balaban J connectivity index is 1.26. The first-order chi connectivity index (χ1) is 18.1. The molecular weight excluding hydrogens is 474 g/mol. The summed E-state index contributed by atoms with van der Waals surface area (Å²) in [5.74, 6) is 4.49. The summed E-state index contributed by atoms with van der Waals surface area (Å²) in [5, 5.41) is 2.96. The Morgan fingerprint density at radius 1 is 1.21 bits per heavy atom. The molecule has 0 aromatic rings. The zero-order valence-electron chi connectivity index (χ0n) is 24.7. The van der Waals surface area contributed by atoms with Gasteiger partial charge in [-0.1, -0.05) is 39.3 Å². The van der Waals surface area contributed by atoms with Gasteiger partial charge in [0.15, 0.2) is 0 Å². The third-order valence-electron chi connectivity index (χ3n) is 11.6. The molecule has 7 unspecified atom stereocenters. The SMILES string of the molecule is CCCC(=O)OC1CC[C@@]2(C)C(=CCC3C4CC5OC(CCC(C)CNC(C)=O)=C(C)C5[C@@]4(C)CCC32)C1. The number of allylic oxidation sites excluding steroid dienone is 2.